The van der Waals surface area contributed by atoms with Gasteiger partial charge in [-0.3, -0.25) is 14.4 Å². The number of piperidine rings is 1. The number of carbonyl (C=O) groups is 3. The van der Waals surface area contributed by atoms with Gasteiger partial charge in [0, 0.05) is 44.2 Å². The average Bonchev–Trinajstić information content (AvgIpc) is 3.24. The van der Waals surface area contributed by atoms with Crippen LogP contribution in [0.4, 0.5) is 5.69 Å². The highest BCUT2D eigenvalue weighted by molar-refractivity contribution is 6.00. The van der Waals surface area contributed by atoms with Gasteiger partial charge in [-0.25, -0.2) is 0 Å². The highest BCUT2D eigenvalue weighted by Crippen LogP contribution is 2.29. The van der Waals surface area contributed by atoms with Gasteiger partial charge in [0.2, 0.25) is 17.7 Å². The highest BCUT2D eigenvalue weighted by atomic mass is 16.5. The first-order valence-electron chi connectivity index (χ1n) is 12.9. The van der Waals surface area contributed by atoms with Gasteiger partial charge in [0.15, 0.2) is 0 Å². The van der Waals surface area contributed by atoms with Crippen molar-refractivity contribution in [3.05, 3.63) is 24.3 Å². The molecule has 0 aromatic heterocycles. The molecule has 0 spiro atoms. The van der Waals surface area contributed by atoms with Gasteiger partial charge in [-0.1, -0.05) is 0 Å². The third-order valence-corrected chi connectivity index (χ3v) is 6.89. The molecule has 9 nitrogen and oxygen atoms in total. The second kappa shape index (κ2) is 11.6. The molecule has 3 rings (SSSR count). The Kier molecular flexibility index (Phi) is 9.00. The summed E-state index contributed by atoms with van der Waals surface area (Å²) in [5.41, 5.74) is 5.53. The van der Waals surface area contributed by atoms with E-state index in [1.807, 2.05) is 58.9 Å². The van der Waals surface area contributed by atoms with Crippen molar-refractivity contribution in [3.63, 3.8) is 0 Å². The number of anilines is 1. The van der Waals surface area contributed by atoms with E-state index in [1.165, 1.54) is 0 Å². The predicted octanol–water partition coefficient (Wildman–Crippen LogP) is 2.33. The van der Waals surface area contributed by atoms with Crippen LogP contribution in [0.25, 0.3) is 0 Å². The first-order valence-corrected chi connectivity index (χ1v) is 12.9. The second-order valence-electron chi connectivity index (χ2n) is 11.1. The van der Waals surface area contributed by atoms with Crippen molar-refractivity contribution in [1.82, 2.24) is 10.2 Å². The van der Waals surface area contributed by atoms with E-state index in [2.05, 4.69) is 5.32 Å². The molecule has 200 valence electrons. The van der Waals surface area contributed by atoms with Gasteiger partial charge in [-0.15, -0.1) is 0 Å². The summed E-state index contributed by atoms with van der Waals surface area (Å²) >= 11 is 0. The van der Waals surface area contributed by atoms with Crippen LogP contribution in [0, 0.1) is 11.8 Å². The summed E-state index contributed by atoms with van der Waals surface area (Å²) in [6.07, 6.45) is 1.41. The Bertz CT molecular complexity index is 923. The molecule has 2 fully saturated rings. The number of benzene rings is 1. The molecule has 3 N–H and O–H groups in total. The Morgan fingerprint density at radius 3 is 2.31 bits per heavy atom. The molecule has 1 unspecified atom stereocenters. The van der Waals surface area contributed by atoms with Crippen LogP contribution >= 0.6 is 0 Å². The molecular weight excluding hydrogens is 460 g/mol. The van der Waals surface area contributed by atoms with Gasteiger partial charge in [0.1, 0.15) is 5.75 Å². The number of nitrogens with zero attached hydrogens (tertiary/aromatic N) is 2. The van der Waals surface area contributed by atoms with E-state index in [9.17, 15) is 14.4 Å². The first-order chi connectivity index (χ1) is 16.9. The number of carbonyl (C=O) groups excluding carboxylic acids is 3. The van der Waals surface area contributed by atoms with E-state index in [0.29, 0.717) is 52.2 Å². The zero-order chi connectivity index (χ0) is 26.5. The largest absolute Gasteiger partial charge is 0.494 e. The topological polar surface area (TPSA) is 114 Å². The molecule has 2 aliphatic heterocycles. The lowest BCUT2D eigenvalue weighted by molar-refractivity contribution is -0.139. The summed E-state index contributed by atoms with van der Waals surface area (Å²) in [5.74, 6) is 0.168. The van der Waals surface area contributed by atoms with E-state index < -0.39 is 11.1 Å². The van der Waals surface area contributed by atoms with Crippen molar-refractivity contribution >= 4 is 23.4 Å². The highest BCUT2D eigenvalue weighted by Gasteiger charge is 2.39. The SMILES string of the molecule is CCOc1ccc(N2CC(C(=O)N3CCC(C(=O)NC(C)(C)COC(C)(C)CN)CC3)CC2=O)cc1. The van der Waals surface area contributed by atoms with Crippen LogP contribution in [0.5, 0.6) is 5.75 Å². The van der Waals surface area contributed by atoms with Gasteiger partial charge in [0.05, 0.1) is 30.3 Å². The molecule has 0 aliphatic carbocycles. The molecule has 36 heavy (non-hydrogen) atoms. The molecule has 2 saturated heterocycles. The van der Waals surface area contributed by atoms with Gasteiger partial charge in [0.25, 0.3) is 0 Å². The van der Waals surface area contributed by atoms with Gasteiger partial charge in [-0.05, 0) is 71.7 Å². The molecule has 2 aliphatic rings. The maximum Gasteiger partial charge on any atom is 0.228 e. The summed E-state index contributed by atoms with van der Waals surface area (Å²) < 4.78 is 11.3. The fourth-order valence-electron chi connectivity index (χ4n) is 4.54. The summed E-state index contributed by atoms with van der Waals surface area (Å²) in [5, 5.41) is 3.09. The Morgan fingerprint density at radius 1 is 1.08 bits per heavy atom. The number of nitrogens with two attached hydrogens (primary N) is 1. The molecule has 1 aromatic rings. The normalized spacial score (nSPS) is 19.5. The van der Waals surface area contributed by atoms with Crippen LogP contribution in [-0.4, -0.2) is 73.2 Å². The van der Waals surface area contributed by atoms with Crippen molar-refractivity contribution in [2.75, 3.05) is 44.3 Å². The monoisotopic (exact) mass is 502 g/mol. The van der Waals surface area contributed by atoms with E-state index in [-0.39, 0.29) is 36.0 Å². The van der Waals surface area contributed by atoms with E-state index in [1.54, 1.807) is 9.80 Å². The Labute approximate surface area is 214 Å². The third kappa shape index (κ3) is 7.20. The van der Waals surface area contributed by atoms with Crippen molar-refractivity contribution in [1.29, 1.82) is 0 Å². The van der Waals surface area contributed by atoms with Gasteiger partial charge in [-0.2, -0.15) is 0 Å². The van der Waals surface area contributed by atoms with Crippen LogP contribution in [0.2, 0.25) is 0 Å². The van der Waals surface area contributed by atoms with Crippen LogP contribution in [0.1, 0.15) is 53.9 Å². The van der Waals surface area contributed by atoms with E-state index >= 15 is 0 Å². The van der Waals surface area contributed by atoms with Crippen molar-refractivity contribution in [2.24, 2.45) is 17.6 Å². The van der Waals surface area contributed by atoms with Crippen LogP contribution in [-0.2, 0) is 19.1 Å². The minimum Gasteiger partial charge on any atom is -0.494 e. The van der Waals surface area contributed by atoms with Crippen LogP contribution in [0.15, 0.2) is 24.3 Å². The number of hydrogen-bond donors (Lipinski definition) is 2. The summed E-state index contributed by atoms with van der Waals surface area (Å²) in [4.78, 5) is 42.2. The number of ether oxygens (including phenoxy) is 2. The fraction of sp³-hybridized carbons (Fsp3) is 0.667. The first kappa shape index (κ1) is 27.9. The van der Waals surface area contributed by atoms with Gasteiger partial charge < -0.3 is 30.3 Å². The Balaban J connectivity index is 1.48. The van der Waals surface area contributed by atoms with E-state index in [0.717, 1.165) is 11.4 Å². The summed E-state index contributed by atoms with van der Waals surface area (Å²) in [7, 11) is 0. The lowest BCUT2D eigenvalue weighted by Crippen LogP contribution is -2.53. The predicted molar refractivity (Wildman–Crippen MR) is 139 cm³/mol. The van der Waals surface area contributed by atoms with E-state index in [4.69, 9.17) is 15.2 Å². The van der Waals surface area contributed by atoms with Crippen molar-refractivity contribution in [3.8, 4) is 5.75 Å². The molecule has 1 atom stereocenters. The number of hydrogen-bond acceptors (Lipinski definition) is 6. The second-order valence-corrected chi connectivity index (χ2v) is 11.1. The van der Waals surface area contributed by atoms with Gasteiger partial charge >= 0.3 is 0 Å². The molecule has 2 heterocycles. The molecule has 3 amide bonds. The van der Waals surface area contributed by atoms with Crippen molar-refractivity contribution < 1.29 is 23.9 Å². The molecule has 1 aromatic carbocycles. The third-order valence-electron chi connectivity index (χ3n) is 6.89. The molecular formula is C27H42N4O5. The average molecular weight is 503 g/mol. The lowest BCUT2D eigenvalue weighted by atomic mass is 9.93. The molecule has 0 bridgehead atoms. The number of nitrogens with one attached hydrogen (secondary N) is 1. The van der Waals surface area contributed by atoms with Crippen LogP contribution < -0.4 is 20.7 Å². The smallest absolute Gasteiger partial charge is 0.228 e. The quantitative estimate of drug-likeness (QED) is 0.508. The molecule has 0 radical (unpaired) electrons. The van der Waals surface area contributed by atoms with Crippen molar-refractivity contribution in [2.45, 2.75) is 65.0 Å². The zero-order valence-corrected chi connectivity index (χ0v) is 22.3. The standard InChI is InChI=1S/C27H42N4O5/c1-6-35-22-9-7-21(8-10-22)31-16-20(15-23(31)32)25(34)30-13-11-19(12-14-30)24(33)29-26(2,3)18-36-27(4,5)17-28/h7-10,19-20H,6,11-18,28H2,1-5H3,(H,29,33). The minimum absolute atomic E-state index is 0.00612. The number of amides is 3. The maximum absolute atomic E-state index is 13.2. The Morgan fingerprint density at radius 2 is 1.72 bits per heavy atom. The lowest BCUT2D eigenvalue weighted by Gasteiger charge is -2.36. The molecule has 9 heteroatoms. The Hall–Kier alpha value is -2.65. The minimum atomic E-state index is -0.523. The maximum atomic E-state index is 13.2. The van der Waals surface area contributed by atoms with Crippen LogP contribution in [0.3, 0.4) is 0 Å². The number of rotatable bonds is 10. The molecule has 0 saturated carbocycles. The zero-order valence-electron chi connectivity index (χ0n) is 22.3. The number of likely N-dealkylation sites (tertiary alicyclic amines) is 1. The summed E-state index contributed by atoms with van der Waals surface area (Å²) in [6.45, 7) is 12.4. The fourth-order valence-corrected chi connectivity index (χ4v) is 4.54. The summed E-state index contributed by atoms with van der Waals surface area (Å²) in [6, 6.07) is 7.37.